The molecule has 3 heteroatoms. The normalized spacial score (nSPS) is 13.5. The molecule has 0 aromatic heterocycles. The Morgan fingerprint density at radius 2 is 1.94 bits per heavy atom. The molecule has 0 fully saturated rings. The molecule has 0 spiro atoms. The van der Waals surface area contributed by atoms with Crippen molar-refractivity contribution in [3.8, 4) is 5.75 Å². The Bertz CT molecular complexity index is 410. The van der Waals surface area contributed by atoms with Crippen molar-refractivity contribution in [1.82, 2.24) is 0 Å². The number of halogens is 1. The molecule has 0 aliphatic rings. The van der Waals surface area contributed by atoms with E-state index in [9.17, 15) is 0 Å². The van der Waals surface area contributed by atoms with Crippen molar-refractivity contribution >= 4 is 15.9 Å². The summed E-state index contributed by atoms with van der Waals surface area (Å²) in [5.41, 5.74) is 8.35. The molecule has 0 saturated heterocycles. The first-order valence-electron chi connectivity index (χ1n) is 6.39. The number of hydrogen-bond donors (Lipinski definition) is 1. The summed E-state index contributed by atoms with van der Waals surface area (Å²) in [5, 5.41) is 0. The molecule has 0 aliphatic heterocycles. The van der Waals surface area contributed by atoms with E-state index in [4.69, 9.17) is 10.5 Å². The predicted molar refractivity (Wildman–Crippen MR) is 81.5 cm³/mol. The molecule has 0 amide bonds. The van der Waals surface area contributed by atoms with Gasteiger partial charge in [0.15, 0.2) is 0 Å². The maximum Gasteiger partial charge on any atom is 0.136 e. The van der Waals surface area contributed by atoms with Crippen LogP contribution in [0.5, 0.6) is 5.75 Å². The first-order valence-corrected chi connectivity index (χ1v) is 7.18. The van der Waals surface area contributed by atoms with Crippen LogP contribution >= 0.6 is 15.9 Å². The van der Waals surface area contributed by atoms with E-state index in [1.54, 1.807) is 7.11 Å². The monoisotopic (exact) mass is 313 g/mol. The molecule has 0 radical (unpaired) electrons. The van der Waals surface area contributed by atoms with E-state index in [1.165, 1.54) is 11.1 Å². The lowest BCUT2D eigenvalue weighted by Gasteiger charge is -2.24. The molecule has 1 unspecified atom stereocenters. The topological polar surface area (TPSA) is 35.2 Å². The summed E-state index contributed by atoms with van der Waals surface area (Å²) in [4.78, 5) is 0. The highest BCUT2D eigenvalue weighted by Crippen LogP contribution is 2.39. The van der Waals surface area contributed by atoms with Gasteiger partial charge < -0.3 is 10.5 Å². The lowest BCUT2D eigenvalue weighted by molar-refractivity contribution is 0.402. The number of hydrogen-bond acceptors (Lipinski definition) is 2. The van der Waals surface area contributed by atoms with Crippen LogP contribution < -0.4 is 10.5 Å². The maximum absolute atomic E-state index is 5.67. The van der Waals surface area contributed by atoms with Crippen LogP contribution in [0, 0.1) is 0 Å². The number of benzene rings is 1. The van der Waals surface area contributed by atoms with Crippen LogP contribution in [-0.4, -0.2) is 13.7 Å². The van der Waals surface area contributed by atoms with Gasteiger partial charge in [-0.15, -0.1) is 0 Å². The average molecular weight is 314 g/mol. The van der Waals surface area contributed by atoms with Gasteiger partial charge in [-0.3, -0.25) is 0 Å². The third-order valence-corrected chi connectivity index (χ3v) is 3.86. The highest BCUT2D eigenvalue weighted by atomic mass is 79.9. The summed E-state index contributed by atoms with van der Waals surface area (Å²) in [6.07, 6.45) is 0.969. The van der Waals surface area contributed by atoms with Crippen molar-refractivity contribution in [1.29, 1.82) is 0 Å². The Morgan fingerprint density at radius 1 is 1.33 bits per heavy atom. The summed E-state index contributed by atoms with van der Waals surface area (Å²) in [5.74, 6) is 1.34. The zero-order valence-electron chi connectivity index (χ0n) is 12.0. The second-order valence-corrected chi connectivity index (χ2v) is 6.66. The summed E-state index contributed by atoms with van der Waals surface area (Å²) in [7, 11) is 1.72. The van der Waals surface area contributed by atoms with Crippen LogP contribution in [0.1, 0.15) is 51.2 Å². The Balaban J connectivity index is 3.32. The lowest BCUT2D eigenvalue weighted by Crippen LogP contribution is -2.13. The van der Waals surface area contributed by atoms with Crippen LogP contribution in [0.15, 0.2) is 16.6 Å². The van der Waals surface area contributed by atoms with Gasteiger partial charge in [-0.05, 0) is 57.4 Å². The van der Waals surface area contributed by atoms with Crippen molar-refractivity contribution in [2.24, 2.45) is 5.73 Å². The van der Waals surface area contributed by atoms with Gasteiger partial charge in [0, 0.05) is 0 Å². The number of rotatable bonds is 4. The molecule has 1 rings (SSSR count). The Kier molecular flexibility index (Phi) is 5.23. The third kappa shape index (κ3) is 3.48. The van der Waals surface area contributed by atoms with Crippen molar-refractivity contribution in [3.63, 3.8) is 0 Å². The van der Waals surface area contributed by atoms with Gasteiger partial charge in [0.05, 0.1) is 11.6 Å². The quantitative estimate of drug-likeness (QED) is 0.903. The van der Waals surface area contributed by atoms with Crippen molar-refractivity contribution in [3.05, 3.63) is 27.7 Å². The van der Waals surface area contributed by atoms with Crippen LogP contribution in [0.4, 0.5) is 0 Å². The Labute approximate surface area is 119 Å². The molecule has 0 saturated carbocycles. The van der Waals surface area contributed by atoms with E-state index in [2.05, 4.69) is 55.8 Å². The smallest absolute Gasteiger partial charge is 0.136 e. The zero-order valence-corrected chi connectivity index (χ0v) is 13.6. The molecule has 0 bridgehead atoms. The summed E-state index contributed by atoms with van der Waals surface area (Å²) >= 11 is 3.61. The van der Waals surface area contributed by atoms with E-state index in [1.807, 2.05) is 0 Å². The summed E-state index contributed by atoms with van der Waals surface area (Å²) in [6, 6.07) is 4.40. The van der Waals surface area contributed by atoms with Crippen LogP contribution in [0.2, 0.25) is 0 Å². The fraction of sp³-hybridized carbons (Fsp3) is 0.600. The van der Waals surface area contributed by atoms with Crippen LogP contribution in [0.3, 0.4) is 0 Å². The number of methoxy groups -OCH3 is 1. The predicted octanol–water partition coefficient (Wildman–Crippen LogP) is 4.21. The largest absolute Gasteiger partial charge is 0.495 e. The number of ether oxygens (including phenoxy) is 1. The second kappa shape index (κ2) is 6.07. The van der Waals surface area contributed by atoms with Crippen LogP contribution in [0.25, 0.3) is 0 Å². The lowest BCUT2D eigenvalue weighted by atomic mass is 9.84. The van der Waals surface area contributed by atoms with E-state index in [-0.39, 0.29) is 5.41 Å². The SMILES string of the molecule is COc1c(Br)cc(C(C)(C)C)cc1C(C)CCN. The minimum atomic E-state index is 0.131. The Hall–Kier alpha value is -0.540. The van der Waals surface area contributed by atoms with E-state index >= 15 is 0 Å². The van der Waals surface area contributed by atoms with Gasteiger partial charge in [-0.1, -0.05) is 33.8 Å². The second-order valence-electron chi connectivity index (χ2n) is 5.81. The minimum absolute atomic E-state index is 0.131. The average Bonchev–Trinajstić information content (AvgIpc) is 2.27. The zero-order chi connectivity index (χ0) is 13.9. The molecule has 1 aromatic rings. The Morgan fingerprint density at radius 3 is 2.39 bits per heavy atom. The van der Waals surface area contributed by atoms with Crippen molar-refractivity contribution < 1.29 is 4.74 Å². The van der Waals surface area contributed by atoms with Gasteiger partial charge >= 0.3 is 0 Å². The minimum Gasteiger partial charge on any atom is -0.495 e. The van der Waals surface area contributed by atoms with Gasteiger partial charge in [0.25, 0.3) is 0 Å². The van der Waals surface area contributed by atoms with Crippen molar-refractivity contribution in [2.45, 2.75) is 45.4 Å². The fourth-order valence-electron chi connectivity index (χ4n) is 2.03. The molecule has 2 N–H and O–H groups in total. The van der Waals surface area contributed by atoms with E-state index < -0.39 is 0 Å². The highest BCUT2D eigenvalue weighted by Gasteiger charge is 2.20. The summed E-state index contributed by atoms with van der Waals surface area (Å²) in [6.45, 7) is 9.56. The number of nitrogens with two attached hydrogens (primary N) is 1. The highest BCUT2D eigenvalue weighted by molar-refractivity contribution is 9.10. The molecule has 0 heterocycles. The molecule has 1 aromatic carbocycles. The third-order valence-electron chi connectivity index (χ3n) is 3.27. The van der Waals surface area contributed by atoms with Crippen molar-refractivity contribution in [2.75, 3.05) is 13.7 Å². The van der Waals surface area contributed by atoms with E-state index in [0.29, 0.717) is 12.5 Å². The van der Waals surface area contributed by atoms with E-state index in [0.717, 1.165) is 16.6 Å². The van der Waals surface area contributed by atoms with Gasteiger partial charge in [0.1, 0.15) is 5.75 Å². The van der Waals surface area contributed by atoms with Gasteiger partial charge in [-0.25, -0.2) is 0 Å². The summed E-state index contributed by atoms with van der Waals surface area (Å²) < 4.78 is 6.55. The molecule has 102 valence electrons. The first-order chi connectivity index (χ1) is 8.31. The van der Waals surface area contributed by atoms with Gasteiger partial charge in [0.2, 0.25) is 0 Å². The molecular formula is C15H24BrNO. The fourth-order valence-corrected chi connectivity index (χ4v) is 2.67. The van der Waals surface area contributed by atoms with Gasteiger partial charge in [-0.2, -0.15) is 0 Å². The standard InChI is InChI=1S/C15H24BrNO/c1-10(6-7-17)12-8-11(15(2,3)4)9-13(16)14(12)18-5/h8-10H,6-7,17H2,1-5H3. The molecule has 1 atom stereocenters. The van der Waals surface area contributed by atoms with Crippen LogP contribution in [-0.2, 0) is 5.41 Å². The molecule has 18 heavy (non-hydrogen) atoms. The molecule has 0 aliphatic carbocycles. The first kappa shape index (κ1) is 15.5. The molecular weight excluding hydrogens is 290 g/mol. The molecule has 2 nitrogen and oxygen atoms in total. The maximum atomic E-state index is 5.67.